The Kier molecular flexibility index (Phi) is 5.19. The number of hydrogen-bond donors (Lipinski definition) is 0. The number of aromatic nitrogens is 2. The van der Waals surface area contributed by atoms with Crippen molar-refractivity contribution in [2.45, 2.75) is 26.3 Å². The van der Waals surface area contributed by atoms with Gasteiger partial charge < -0.3 is 4.74 Å². The van der Waals surface area contributed by atoms with E-state index in [4.69, 9.17) is 4.74 Å². The van der Waals surface area contributed by atoms with E-state index in [2.05, 4.69) is 27.0 Å². The van der Waals surface area contributed by atoms with Gasteiger partial charge in [-0.15, -0.1) is 11.3 Å². The van der Waals surface area contributed by atoms with E-state index >= 15 is 0 Å². The van der Waals surface area contributed by atoms with Gasteiger partial charge in [0, 0.05) is 25.0 Å². The number of thiophene rings is 1. The lowest BCUT2D eigenvalue weighted by Crippen LogP contribution is -2.18. The monoisotopic (exact) mass is 419 g/mol. The predicted molar refractivity (Wildman–Crippen MR) is 119 cm³/mol. The molecule has 3 aromatic heterocycles. The zero-order chi connectivity index (χ0) is 20.5. The number of ether oxygens (including phenoxy) is 1. The van der Waals surface area contributed by atoms with Crippen LogP contribution in [0.15, 0.2) is 54.9 Å². The van der Waals surface area contributed by atoms with E-state index in [1.54, 1.807) is 29.7 Å². The molecule has 0 spiro atoms. The van der Waals surface area contributed by atoms with Crippen LogP contribution >= 0.6 is 11.3 Å². The van der Waals surface area contributed by atoms with E-state index < -0.39 is 0 Å². The van der Waals surface area contributed by atoms with Crippen LogP contribution in [0.1, 0.15) is 24.0 Å². The molecule has 152 valence electrons. The van der Waals surface area contributed by atoms with Gasteiger partial charge in [0.15, 0.2) is 11.6 Å². The number of hydrogen-bond acceptors (Lipinski definition) is 5. The van der Waals surface area contributed by atoms with Gasteiger partial charge in [-0.3, -0.25) is 14.9 Å². The van der Waals surface area contributed by atoms with Gasteiger partial charge in [-0.2, -0.15) is 0 Å². The predicted octanol–water partition coefficient (Wildman–Crippen LogP) is 6.19. The number of fused-ring (bicyclic) bond motifs is 1. The normalized spacial score (nSPS) is 14.5. The third-order valence-corrected chi connectivity index (χ3v) is 6.53. The fourth-order valence-corrected chi connectivity index (χ4v) is 4.83. The molecule has 6 heteroatoms. The molecule has 4 aromatic rings. The molecule has 1 fully saturated rings. The summed E-state index contributed by atoms with van der Waals surface area (Å²) in [6.07, 6.45) is 6.23. The maximum Gasteiger partial charge on any atom is 0.165 e. The fourth-order valence-electron chi connectivity index (χ4n) is 3.79. The van der Waals surface area contributed by atoms with Crippen LogP contribution in [0.5, 0.6) is 11.5 Å². The Labute approximate surface area is 179 Å². The van der Waals surface area contributed by atoms with E-state index in [0.717, 1.165) is 32.9 Å². The molecule has 1 aliphatic heterocycles. The molecule has 1 aromatic carbocycles. The number of rotatable bonds is 5. The summed E-state index contributed by atoms with van der Waals surface area (Å²) in [5.74, 6) is 0.448. The lowest BCUT2D eigenvalue weighted by molar-refractivity contribution is 0.331. The Morgan fingerprint density at radius 1 is 1.03 bits per heavy atom. The zero-order valence-electron chi connectivity index (χ0n) is 16.8. The van der Waals surface area contributed by atoms with Crippen LogP contribution in [0.3, 0.4) is 0 Å². The van der Waals surface area contributed by atoms with Crippen molar-refractivity contribution >= 4 is 21.6 Å². The summed E-state index contributed by atoms with van der Waals surface area (Å²) in [6.45, 7) is 5.16. The smallest absolute Gasteiger partial charge is 0.165 e. The number of halogens is 1. The molecule has 1 saturated heterocycles. The molecule has 0 N–H and O–H groups in total. The Morgan fingerprint density at radius 2 is 1.90 bits per heavy atom. The van der Waals surface area contributed by atoms with Crippen molar-refractivity contribution in [2.24, 2.45) is 0 Å². The van der Waals surface area contributed by atoms with Crippen molar-refractivity contribution in [2.75, 3.05) is 13.1 Å². The van der Waals surface area contributed by atoms with Crippen molar-refractivity contribution < 1.29 is 9.13 Å². The second-order valence-corrected chi connectivity index (χ2v) is 8.76. The van der Waals surface area contributed by atoms with Gasteiger partial charge in [0.05, 0.1) is 20.8 Å². The Balaban J connectivity index is 1.41. The maximum atomic E-state index is 14.2. The minimum Gasteiger partial charge on any atom is -0.453 e. The molecule has 0 atom stereocenters. The average Bonchev–Trinajstić information content (AvgIpc) is 3.41. The van der Waals surface area contributed by atoms with E-state index in [0.29, 0.717) is 5.75 Å². The number of benzene rings is 1. The lowest BCUT2D eigenvalue weighted by atomic mass is 10.2. The van der Waals surface area contributed by atoms with Crippen molar-refractivity contribution in [3.8, 4) is 22.1 Å². The first kappa shape index (κ1) is 19.2. The third-order valence-electron chi connectivity index (χ3n) is 5.37. The molecule has 0 saturated carbocycles. The molecule has 4 heterocycles. The summed E-state index contributed by atoms with van der Waals surface area (Å²) in [7, 11) is 0. The maximum absolute atomic E-state index is 14.2. The van der Waals surface area contributed by atoms with Gasteiger partial charge in [0.2, 0.25) is 0 Å². The Morgan fingerprint density at radius 3 is 2.67 bits per heavy atom. The van der Waals surface area contributed by atoms with Gasteiger partial charge in [0.1, 0.15) is 5.75 Å². The Hall–Kier alpha value is -2.83. The summed E-state index contributed by atoms with van der Waals surface area (Å²) in [4.78, 5) is 12.6. The molecule has 0 aliphatic carbocycles. The SMILES string of the molecule is Cc1ccc(Oc2ccnc3cc(-c4ccc(CN5CCCC5)cn4)sc23)c(F)c1. The van der Waals surface area contributed by atoms with Crippen LogP contribution in [0.4, 0.5) is 4.39 Å². The van der Waals surface area contributed by atoms with Crippen LogP contribution in [0, 0.1) is 12.7 Å². The first-order valence-electron chi connectivity index (χ1n) is 10.2. The van der Waals surface area contributed by atoms with Gasteiger partial charge >= 0.3 is 0 Å². The van der Waals surface area contributed by atoms with E-state index in [-0.39, 0.29) is 11.6 Å². The number of aryl methyl sites for hydroxylation is 1. The van der Waals surface area contributed by atoms with E-state index in [1.807, 2.05) is 25.3 Å². The standard InChI is InChI=1S/C24H22FN3OS/c1-16-4-7-21(18(25)12-16)29-22-8-9-26-20-13-23(30-24(20)22)19-6-5-17(14-27-19)15-28-10-2-3-11-28/h4-9,12-14H,2-3,10-11,15H2,1H3. The molecule has 0 radical (unpaired) electrons. The van der Waals surface area contributed by atoms with Crippen LogP contribution < -0.4 is 4.74 Å². The molecule has 0 bridgehead atoms. The molecular formula is C24H22FN3OS. The van der Waals surface area contributed by atoms with Crippen molar-refractivity contribution in [3.63, 3.8) is 0 Å². The summed E-state index contributed by atoms with van der Waals surface area (Å²) >= 11 is 1.56. The van der Waals surface area contributed by atoms with Gasteiger partial charge in [-0.05, 0) is 68.2 Å². The third kappa shape index (κ3) is 3.93. The highest BCUT2D eigenvalue weighted by Crippen LogP contribution is 2.39. The topological polar surface area (TPSA) is 38.2 Å². The average molecular weight is 420 g/mol. The second-order valence-electron chi connectivity index (χ2n) is 7.70. The van der Waals surface area contributed by atoms with Crippen LogP contribution in [-0.4, -0.2) is 28.0 Å². The minimum atomic E-state index is -0.369. The molecule has 0 unspecified atom stereocenters. The van der Waals surface area contributed by atoms with Crippen molar-refractivity contribution in [1.82, 2.24) is 14.9 Å². The van der Waals surface area contributed by atoms with Crippen LogP contribution in [0.2, 0.25) is 0 Å². The van der Waals surface area contributed by atoms with Crippen LogP contribution in [0.25, 0.3) is 20.8 Å². The largest absolute Gasteiger partial charge is 0.453 e. The van der Waals surface area contributed by atoms with Crippen molar-refractivity contribution in [1.29, 1.82) is 0 Å². The Bertz CT molecular complexity index is 1180. The molecule has 1 aliphatic rings. The van der Waals surface area contributed by atoms with Gasteiger partial charge in [0.25, 0.3) is 0 Å². The quantitative estimate of drug-likeness (QED) is 0.386. The highest BCUT2D eigenvalue weighted by atomic mass is 32.1. The molecule has 30 heavy (non-hydrogen) atoms. The summed E-state index contributed by atoms with van der Waals surface area (Å²) in [5.41, 5.74) is 3.83. The fraction of sp³-hybridized carbons (Fsp3) is 0.250. The highest BCUT2D eigenvalue weighted by Gasteiger charge is 2.15. The number of pyridine rings is 2. The summed E-state index contributed by atoms with van der Waals surface area (Å²) in [5, 5.41) is 0. The number of nitrogens with zero attached hydrogens (tertiary/aromatic N) is 3. The highest BCUT2D eigenvalue weighted by molar-refractivity contribution is 7.22. The van der Waals surface area contributed by atoms with E-state index in [1.165, 1.54) is 37.6 Å². The molecular weight excluding hydrogens is 397 g/mol. The van der Waals surface area contributed by atoms with Gasteiger partial charge in [-0.1, -0.05) is 12.1 Å². The second kappa shape index (κ2) is 8.13. The molecule has 4 nitrogen and oxygen atoms in total. The molecule has 5 rings (SSSR count). The summed E-state index contributed by atoms with van der Waals surface area (Å²) in [6, 6.07) is 13.0. The van der Waals surface area contributed by atoms with Crippen LogP contribution in [-0.2, 0) is 6.54 Å². The first-order valence-corrected chi connectivity index (χ1v) is 11.0. The van der Waals surface area contributed by atoms with Crippen molar-refractivity contribution in [3.05, 3.63) is 71.8 Å². The molecule has 0 amide bonds. The first-order chi connectivity index (χ1) is 14.7. The zero-order valence-corrected chi connectivity index (χ0v) is 17.6. The van der Waals surface area contributed by atoms with E-state index in [9.17, 15) is 4.39 Å². The summed E-state index contributed by atoms with van der Waals surface area (Å²) < 4.78 is 21.0. The van der Waals surface area contributed by atoms with Gasteiger partial charge in [-0.25, -0.2) is 4.39 Å². The minimum absolute atomic E-state index is 0.215. The lowest BCUT2D eigenvalue weighted by Gasteiger charge is -2.14. The number of likely N-dealkylation sites (tertiary alicyclic amines) is 1.